The average molecular weight is 450 g/mol. The number of hydrogen-bond acceptors (Lipinski definition) is 3. The van der Waals surface area contributed by atoms with Gasteiger partial charge in [-0.3, -0.25) is 4.98 Å². The fourth-order valence-electron chi connectivity index (χ4n) is 4.53. The Hall–Kier alpha value is -4.63. The van der Waals surface area contributed by atoms with Gasteiger partial charge in [0.05, 0.1) is 11.4 Å². The summed E-state index contributed by atoms with van der Waals surface area (Å²) in [5.41, 5.74) is 8.66. The van der Waals surface area contributed by atoms with Gasteiger partial charge in [0.2, 0.25) is 0 Å². The van der Waals surface area contributed by atoms with Crippen molar-refractivity contribution in [3.8, 4) is 44.8 Å². The second-order valence-electron chi connectivity index (χ2n) is 8.61. The summed E-state index contributed by atoms with van der Waals surface area (Å²) in [7, 11) is 0. The number of rotatable bonds is 4. The van der Waals surface area contributed by atoms with Crippen LogP contribution in [0.5, 0.6) is 0 Å². The summed E-state index contributed by atoms with van der Waals surface area (Å²) in [6, 6.07) is 38.1. The van der Waals surface area contributed by atoms with Crippen molar-refractivity contribution < 1.29 is 0 Å². The molecule has 3 heteroatoms. The van der Waals surface area contributed by atoms with Gasteiger partial charge >= 0.3 is 0 Å². The highest BCUT2D eigenvalue weighted by Crippen LogP contribution is 2.31. The quantitative estimate of drug-likeness (QED) is 0.274. The van der Waals surface area contributed by atoms with E-state index in [0.717, 1.165) is 39.5 Å². The van der Waals surface area contributed by atoms with Crippen LogP contribution in [0.3, 0.4) is 0 Å². The maximum atomic E-state index is 4.73. The first-order chi connectivity index (χ1) is 17.2. The zero-order valence-corrected chi connectivity index (χ0v) is 19.4. The van der Waals surface area contributed by atoms with Crippen LogP contribution in [-0.2, 0) is 0 Å². The molecule has 0 amide bonds. The summed E-state index contributed by atoms with van der Waals surface area (Å²) < 4.78 is 0. The molecule has 2 aromatic heterocycles. The van der Waals surface area contributed by atoms with Gasteiger partial charge in [0, 0.05) is 23.5 Å². The van der Waals surface area contributed by atoms with E-state index in [1.54, 1.807) is 6.20 Å². The normalized spacial score (nSPS) is 11.0. The van der Waals surface area contributed by atoms with E-state index in [4.69, 9.17) is 9.97 Å². The highest BCUT2D eigenvalue weighted by molar-refractivity contribution is 5.96. The Kier molecular flexibility index (Phi) is 5.36. The molecule has 0 spiro atoms. The molecule has 0 saturated carbocycles. The standard InChI is InChI=1S/C32H23N3/c1-22-34-31(26-15-11-23(12-16-26)28-8-5-19-33-21-28)20-32(35-22)27-17-13-25(14-18-27)30-10-4-7-24-6-2-3-9-29(24)30/h2-21H,1H3. The van der Waals surface area contributed by atoms with Gasteiger partial charge in [-0.25, -0.2) is 9.97 Å². The first kappa shape index (κ1) is 20.9. The molecule has 0 aliphatic rings. The molecule has 0 aliphatic heterocycles. The highest BCUT2D eigenvalue weighted by Gasteiger charge is 2.09. The Bertz CT molecular complexity index is 1620. The first-order valence-corrected chi connectivity index (χ1v) is 11.7. The van der Waals surface area contributed by atoms with Crippen LogP contribution < -0.4 is 0 Å². The van der Waals surface area contributed by atoms with Crippen molar-refractivity contribution in [2.45, 2.75) is 6.92 Å². The molecule has 0 unspecified atom stereocenters. The molecule has 4 aromatic carbocycles. The van der Waals surface area contributed by atoms with Crippen molar-refractivity contribution in [1.82, 2.24) is 15.0 Å². The maximum absolute atomic E-state index is 4.73. The summed E-state index contributed by atoms with van der Waals surface area (Å²) in [4.78, 5) is 13.7. The number of hydrogen-bond donors (Lipinski definition) is 0. The van der Waals surface area contributed by atoms with E-state index >= 15 is 0 Å². The van der Waals surface area contributed by atoms with E-state index in [-0.39, 0.29) is 0 Å². The highest BCUT2D eigenvalue weighted by atomic mass is 14.9. The molecule has 35 heavy (non-hydrogen) atoms. The fraction of sp³-hybridized carbons (Fsp3) is 0.0312. The van der Waals surface area contributed by atoms with E-state index < -0.39 is 0 Å². The van der Waals surface area contributed by atoms with Crippen LogP contribution in [-0.4, -0.2) is 15.0 Å². The minimum absolute atomic E-state index is 0.756. The molecule has 0 bridgehead atoms. The van der Waals surface area contributed by atoms with Crippen molar-refractivity contribution in [3.05, 3.63) is 127 Å². The lowest BCUT2D eigenvalue weighted by Gasteiger charge is -2.10. The Balaban J connectivity index is 1.33. The molecule has 3 nitrogen and oxygen atoms in total. The molecule has 0 saturated heterocycles. The molecule has 2 heterocycles. The Morgan fingerprint density at radius 3 is 1.83 bits per heavy atom. The molecule has 0 atom stereocenters. The van der Waals surface area contributed by atoms with Gasteiger partial charge < -0.3 is 0 Å². The summed E-state index contributed by atoms with van der Waals surface area (Å²) in [5.74, 6) is 0.756. The van der Waals surface area contributed by atoms with Crippen LogP contribution in [0.4, 0.5) is 0 Å². The zero-order chi connectivity index (χ0) is 23.6. The van der Waals surface area contributed by atoms with Crippen LogP contribution in [0, 0.1) is 6.92 Å². The van der Waals surface area contributed by atoms with Crippen LogP contribution in [0.2, 0.25) is 0 Å². The predicted octanol–water partition coefficient (Wildman–Crippen LogP) is 8.00. The third-order valence-corrected chi connectivity index (χ3v) is 6.29. The summed E-state index contributed by atoms with van der Waals surface area (Å²) >= 11 is 0. The molecular formula is C32H23N3. The van der Waals surface area contributed by atoms with Crippen LogP contribution in [0.25, 0.3) is 55.5 Å². The Labute approximate surface area is 204 Å². The zero-order valence-electron chi connectivity index (χ0n) is 19.4. The van der Waals surface area contributed by atoms with Crippen molar-refractivity contribution >= 4 is 10.8 Å². The third kappa shape index (κ3) is 4.20. The minimum atomic E-state index is 0.756. The minimum Gasteiger partial charge on any atom is -0.264 e. The maximum Gasteiger partial charge on any atom is 0.126 e. The van der Waals surface area contributed by atoms with E-state index in [2.05, 4.69) is 108 Å². The largest absolute Gasteiger partial charge is 0.264 e. The summed E-state index contributed by atoms with van der Waals surface area (Å²) in [5, 5.41) is 2.51. The lowest BCUT2D eigenvalue weighted by molar-refractivity contribution is 1.06. The van der Waals surface area contributed by atoms with E-state index in [1.807, 2.05) is 19.2 Å². The van der Waals surface area contributed by atoms with Crippen LogP contribution in [0.15, 0.2) is 122 Å². The molecule has 0 N–H and O–H groups in total. The topological polar surface area (TPSA) is 38.7 Å². The van der Waals surface area contributed by atoms with Gasteiger partial charge in [0.25, 0.3) is 0 Å². The van der Waals surface area contributed by atoms with Gasteiger partial charge in [-0.05, 0) is 52.1 Å². The second kappa shape index (κ2) is 8.96. The average Bonchev–Trinajstić information content (AvgIpc) is 2.93. The smallest absolute Gasteiger partial charge is 0.126 e. The Morgan fingerprint density at radius 1 is 0.514 bits per heavy atom. The predicted molar refractivity (Wildman–Crippen MR) is 144 cm³/mol. The second-order valence-corrected chi connectivity index (χ2v) is 8.61. The third-order valence-electron chi connectivity index (χ3n) is 6.29. The number of aryl methyl sites for hydroxylation is 1. The molecular weight excluding hydrogens is 426 g/mol. The lowest BCUT2D eigenvalue weighted by Crippen LogP contribution is -1.95. The molecule has 0 aliphatic carbocycles. The summed E-state index contributed by atoms with van der Waals surface area (Å²) in [6.07, 6.45) is 3.67. The number of nitrogens with zero attached hydrogens (tertiary/aromatic N) is 3. The molecule has 0 radical (unpaired) electrons. The van der Waals surface area contributed by atoms with Crippen molar-refractivity contribution in [3.63, 3.8) is 0 Å². The van der Waals surface area contributed by atoms with Crippen molar-refractivity contribution in [1.29, 1.82) is 0 Å². The van der Waals surface area contributed by atoms with Crippen molar-refractivity contribution in [2.24, 2.45) is 0 Å². The Morgan fingerprint density at radius 2 is 1.14 bits per heavy atom. The van der Waals surface area contributed by atoms with Gasteiger partial charge in [-0.1, -0.05) is 97.1 Å². The van der Waals surface area contributed by atoms with Crippen LogP contribution >= 0.6 is 0 Å². The lowest BCUT2D eigenvalue weighted by atomic mass is 9.97. The van der Waals surface area contributed by atoms with Gasteiger partial charge in [-0.2, -0.15) is 0 Å². The number of aromatic nitrogens is 3. The molecule has 0 fully saturated rings. The number of pyridine rings is 1. The number of fused-ring (bicyclic) bond motifs is 1. The van der Waals surface area contributed by atoms with E-state index in [9.17, 15) is 0 Å². The van der Waals surface area contributed by atoms with E-state index in [0.29, 0.717) is 0 Å². The number of benzene rings is 4. The molecule has 6 rings (SSSR count). The monoisotopic (exact) mass is 449 g/mol. The van der Waals surface area contributed by atoms with Crippen molar-refractivity contribution in [2.75, 3.05) is 0 Å². The molecule has 166 valence electrons. The SMILES string of the molecule is Cc1nc(-c2ccc(-c3cccnc3)cc2)cc(-c2ccc(-c3cccc4ccccc34)cc2)n1. The van der Waals surface area contributed by atoms with Gasteiger partial charge in [0.15, 0.2) is 0 Å². The fourth-order valence-corrected chi connectivity index (χ4v) is 4.53. The van der Waals surface area contributed by atoms with Crippen LogP contribution in [0.1, 0.15) is 5.82 Å². The van der Waals surface area contributed by atoms with Gasteiger partial charge in [0.1, 0.15) is 5.82 Å². The summed E-state index contributed by atoms with van der Waals surface area (Å²) in [6.45, 7) is 1.95. The first-order valence-electron chi connectivity index (χ1n) is 11.7. The molecule has 6 aromatic rings. The van der Waals surface area contributed by atoms with Gasteiger partial charge in [-0.15, -0.1) is 0 Å². The van der Waals surface area contributed by atoms with E-state index in [1.165, 1.54) is 21.9 Å².